The van der Waals surface area contributed by atoms with E-state index in [0.29, 0.717) is 29.5 Å². The van der Waals surface area contributed by atoms with Crippen LogP contribution in [0.15, 0.2) is 36.4 Å². The first-order valence-electron chi connectivity index (χ1n) is 11.1. The number of benzene rings is 2. The molecular weight excluding hydrogens is 449 g/mol. The molecule has 0 aliphatic carbocycles. The van der Waals surface area contributed by atoms with E-state index in [9.17, 15) is 9.90 Å². The third kappa shape index (κ3) is 6.29. The molecule has 0 radical (unpaired) electrons. The Morgan fingerprint density at radius 1 is 1.16 bits per heavy atom. The van der Waals surface area contributed by atoms with Crippen molar-refractivity contribution in [3.63, 3.8) is 0 Å². The summed E-state index contributed by atoms with van der Waals surface area (Å²) >= 11 is 12.5. The Bertz CT molecular complexity index is 910. The van der Waals surface area contributed by atoms with Gasteiger partial charge in [0.2, 0.25) is 5.91 Å². The highest BCUT2D eigenvalue weighted by Crippen LogP contribution is 2.32. The van der Waals surface area contributed by atoms with Crippen molar-refractivity contribution in [2.45, 2.75) is 32.6 Å². The van der Waals surface area contributed by atoms with E-state index in [4.69, 9.17) is 27.9 Å². The van der Waals surface area contributed by atoms with Crippen LogP contribution in [0.2, 0.25) is 10.0 Å². The molecule has 2 aromatic rings. The topological polar surface area (TPSA) is 65.0 Å². The van der Waals surface area contributed by atoms with Gasteiger partial charge in [0.05, 0.1) is 28.0 Å². The Morgan fingerprint density at radius 2 is 2.00 bits per heavy atom. The van der Waals surface area contributed by atoms with Gasteiger partial charge in [-0.3, -0.25) is 9.69 Å². The van der Waals surface area contributed by atoms with Gasteiger partial charge in [-0.15, -0.1) is 0 Å². The van der Waals surface area contributed by atoms with Crippen molar-refractivity contribution >= 4 is 40.5 Å². The van der Waals surface area contributed by atoms with Gasteiger partial charge in [0, 0.05) is 32.1 Å². The maximum absolute atomic E-state index is 12.0. The Kier molecular flexibility index (Phi) is 9.48. The first-order valence-corrected chi connectivity index (χ1v) is 11.9. The van der Waals surface area contributed by atoms with E-state index in [1.807, 2.05) is 30.3 Å². The first kappa shape index (κ1) is 24.6. The van der Waals surface area contributed by atoms with Crippen molar-refractivity contribution in [3.8, 4) is 5.75 Å². The molecule has 0 bridgehead atoms. The highest BCUT2D eigenvalue weighted by molar-refractivity contribution is 6.43. The number of unbranched alkanes of at least 4 members (excludes halogenated alkanes) is 1. The number of aliphatic hydroxyl groups is 1. The van der Waals surface area contributed by atoms with Crippen molar-refractivity contribution in [2.24, 2.45) is 0 Å². The quantitative estimate of drug-likeness (QED) is 0.438. The van der Waals surface area contributed by atoms with Crippen molar-refractivity contribution in [3.05, 3.63) is 52.0 Å². The van der Waals surface area contributed by atoms with Gasteiger partial charge in [0.1, 0.15) is 12.5 Å². The number of nitrogens with zero attached hydrogens (tertiary/aromatic N) is 2. The van der Waals surface area contributed by atoms with Gasteiger partial charge in [0.15, 0.2) is 0 Å². The number of halogens is 2. The fourth-order valence-electron chi connectivity index (χ4n) is 3.83. The zero-order chi connectivity index (χ0) is 22.9. The minimum atomic E-state index is -0.306. The van der Waals surface area contributed by atoms with Crippen LogP contribution in [0.5, 0.6) is 5.75 Å². The van der Waals surface area contributed by atoms with Crippen LogP contribution >= 0.6 is 23.2 Å². The van der Waals surface area contributed by atoms with E-state index < -0.39 is 0 Å². The molecule has 1 aliphatic heterocycles. The monoisotopic (exact) mass is 479 g/mol. The van der Waals surface area contributed by atoms with Crippen LogP contribution in [-0.4, -0.2) is 50.5 Å². The summed E-state index contributed by atoms with van der Waals surface area (Å²) in [7, 11) is 0. The molecule has 0 unspecified atom stereocenters. The SMILES string of the molecule is CCN(CCNCCCCOc1ccc2c(c1)N(CO)C(=O)CC2)c1cccc(Cl)c1Cl. The van der Waals surface area contributed by atoms with E-state index in [2.05, 4.69) is 17.1 Å². The summed E-state index contributed by atoms with van der Waals surface area (Å²) in [5.74, 6) is 0.671. The van der Waals surface area contributed by atoms with E-state index in [1.54, 1.807) is 6.07 Å². The van der Waals surface area contributed by atoms with Crippen LogP contribution in [0.1, 0.15) is 31.7 Å². The number of likely N-dealkylation sites (N-methyl/N-ethyl adjacent to an activating group) is 1. The molecule has 174 valence electrons. The molecule has 0 saturated heterocycles. The fourth-order valence-corrected chi connectivity index (χ4v) is 4.24. The number of rotatable bonds is 12. The van der Waals surface area contributed by atoms with Gasteiger partial charge in [0.25, 0.3) is 0 Å². The highest BCUT2D eigenvalue weighted by Gasteiger charge is 2.23. The summed E-state index contributed by atoms with van der Waals surface area (Å²) in [4.78, 5) is 15.6. The number of anilines is 2. The molecule has 0 fully saturated rings. The predicted octanol–water partition coefficient (Wildman–Crippen LogP) is 4.50. The van der Waals surface area contributed by atoms with Crippen LogP contribution < -0.4 is 19.9 Å². The predicted molar refractivity (Wildman–Crippen MR) is 131 cm³/mol. The standard InChI is InChI=1S/C24H31Cl2N3O3/c1-2-28(21-7-5-6-20(25)24(21)26)14-13-27-12-3-4-15-32-19-10-8-18-9-11-23(31)29(17-30)22(18)16-19/h5-8,10,16,27,30H,2-4,9,11-15,17H2,1H3. The maximum atomic E-state index is 12.0. The Labute approximate surface area is 200 Å². The first-order chi connectivity index (χ1) is 15.5. The van der Waals surface area contributed by atoms with Crippen LogP contribution in [-0.2, 0) is 11.2 Å². The van der Waals surface area contributed by atoms with Crippen molar-refractivity contribution in [1.29, 1.82) is 0 Å². The maximum Gasteiger partial charge on any atom is 0.229 e. The van der Waals surface area contributed by atoms with E-state index in [-0.39, 0.29) is 12.6 Å². The lowest BCUT2D eigenvalue weighted by atomic mass is 10.0. The number of aryl methyl sites for hydroxylation is 1. The highest BCUT2D eigenvalue weighted by atomic mass is 35.5. The van der Waals surface area contributed by atoms with Gasteiger partial charge in [-0.1, -0.05) is 35.3 Å². The van der Waals surface area contributed by atoms with Crippen molar-refractivity contribution in [1.82, 2.24) is 5.32 Å². The summed E-state index contributed by atoms with van der Waals surface area (Å²) in [5.41, 5.74) is 2.78. The van der Waals surface area contributed by atoms with Crippen LogP contribution in [0.3, 0.4) is 0 Å². The molecule has 0 aromatic heterocycles. The second kappa shape index (κ2) is 12.3. The molecule has 8 heteroatoms. The lowest BCUT2D eigenvalue weighted by Crippen LogP contribution is -2.35. The molecule has 3 rings (SSSR count). The number of nitrogens with one attached hydrogen (secondary N) is 1. The van der Waals surface area contributed by atoms with Crippen molar-refractivity contribution in [2.75, 3.05) is 49.3 Å². The molecule has 6 nitrogen and oxygen atoms in total. The number of hydrogen-bond acceptors (Lipinski definition) is 5. The van der Waals surface area contributed by atoms with Crippen molar-refractivity contribution < 1.29 is 14.6 Å². The number of aliphatic hydroxyl groups excluding tert-OH is 1. The third-order valence-electron chi connectivity index (χ3n) is 5.63. The minimum Gasteiger partial charge on any atom is -0.494 e. The molecule has 1 aliphatic rings. The number of fused-ring (bicyclic) bond motifs is 1. The number of amides is 1. The molecule has 1 heterocycles. The molecule has 0 saturated carbocycles. The Morgan fingerprint density at radius 3 is 2.78 bits per heavy atom. The normalized spacial score (nSPS) is 13.2. The van der Waals surface area contributed by atoms with E-state index >= 15 is 0 Å². The average molecular weight is 480 g/mol. The Hall–Kier alpha value is -1.99. The molecule has 2 N–H and O–H groups in total. The van der Waals surface area contributed by atoms with Crippen LogP contribution in [0.4, 0.5) is 11.4 Å². The summed E-state index contributed by atoms with van der Waals surface area (Å²) in [6, 6.07) is 11.5. The summed E-state index contributed by atoms with van der Waals surface area (Å²) in [6.07, 6.45) is 3.05. The largest absolute Gasteiger partial charge is 0.494 e. The summed E-state index contributed by atoms with van der Waals surface area (Å²) < 4.78 is 5.86. The molecule has 0 atom stereocenters. The van der Waals surface area contributed by atoms with E-state index in [0.717, 1.165) is 61.7 Å². The second-order valence-corrected chi connectivity index (χ2v) is 8.50. The number of ether oxygens (including phenoxy) is 1. The number of hydrogen-bond donors (Lipinski definition) is 2. The van der Waals surface area contributed by atoms with Gasteiger partial charge < -0.3 is 20.1 Å². The van der Waals surface area contributed by atoms with E-state index in [1.165, 1.54) is 4.90 Å². The molecular formula is C24H31Cl2N3O3. The molecule has 32 heavy (non-hydrogen) atoms. The molecule has 2 aromatic carbocycles. The van der Waals surface area contributed by atoms with Crippen LogP contribution in [0.25, 0.3) is 0 Å². The zero-order valence-electron chi connectivity index (χ0n) is 18.4. The number of carbonyl (C=O) groups is 1. The number of carbonyl (C=O) groups excluding carboxylic acids is 1. The third-order valence-corrected chi connectivity index (χ3v) is 6.44. The fraction of sp³-hybridized carbons (Fsp3) is 0.458. The second-order valence-electron chi connectivity index (χ2n) is 7.71. The lowest BCUT2D eigenvalue weighted by molar-refractivity contribution is -0.119. The smallest absolute Gasteiger partial charge is 0.229 e. The van der Waals surface area contributed by atoms with Gasteiger partial charge in [-0.25, -0.2) is 0 Å². The molecule has 1 amide bonds. The van der Waals surface area contributed by atoms with Crippen LogP contribution in [0, 0.1) is 0 Å². The van der Waals surface area contributed by atoms with Gasteiger partial charge in [-0.05, 0) is 56.5 Å². The minimum absolute atomic E-state index is 0.0532. The lowest BCUT2D eigenvalue weighted by Gasteiger charge is -2.27. The average Bonchev–Trinajstić information content (AvgIpc) is 2.80. The summed E-state index contributed by atoms with van der Waals surface area (Å²) in [6.45, 7) is 5.87. The Balaban J connectivity index is 1.35. The summed E-state index contributed by atoms with van der Waals surface area (Å²) in [5, 5.41) is 14.1. The van der Waals surface area contributed by atoms with Gasteiger partial charge >= 0.3 is 0 Å². The molecule has 0 spiro atoms. The zero-order valence-corrected chi connectivity index (χ0v) is 20.0. The van der Waals surface area contributed by atoms with Gasteiger partial charge in [-0.2, -0.15) is 0 Å².